The summed E-state index contributed by atoms with van der Waals surface area (Å²) in [6.07, 6.45) is 0.291. The minimum Gasteiger partial charge on any atom is -0.493 e. The van der Waals surface area contributed by atoms with Gasteiger partial charge in [0.2, 0.25) is 0 Å². The van der Waals surface area contributed by atoms with Crippen LogP contribution in [0.1, 0.15) is 23.7 Å². The molecule has 1 aromatic rings. The second-order valence-corrected chi connectivity index (χ2v) is 3.79. The minimum absolute atomic E-state index is 0.230. The van der Waals surface area contributed by atoms with E-state index in [4.69, 9.17) is 15.7 Å². The van der Waals surface area contributed by atoms with Crippen LogP contribution in [0.4, 0.5) is 5.69 Å². The Morgan fingerprint density at radius 2 is 2.28 bits per heavy atom. The molecule has 1 amide bonds. The summed E-state index contributed by atoms with van der Waals surface area (Å²) in [6.45, 7) is 2.68. The van der Waals surface area contributed by atoms with Crippen molar-refractivity contribution in [3.8, 4) is 11.8 Å². The molecule has 0 spiro atoms. The van der Waals surface area contributed by atoms with E-state index in [1.807, 2.05) is 13.0 Å². The molecular formula is C13H17N3O2. The lowest BCUT2D eigenvalue weighted by Gasteiger charge is -2.19. The van der Waals surface area contributed by atoms with Crippen molar-refractivity contribution in [2.75, 3.05) is 25.9 Å². The fourth-order valence-electron chi connectivity index (χ4n) is 1.56. The predicted molar refractivity (Wildman–Crippen MR) is 69.2 cm³/mol. The number of rotatable bonds is 5. The zero-order valence-corrected chi connectivity index (χ0v) is 10.6. The van der Waals surface area contributed by atoms with Crippen LogP contribution < -0.4 is 10.5 Å². The third-order valence-corrected chi connectivity index (χ3v) is 2.48. The molecule has 96 valence electrons. The number of hydrogen-bond acceptors (Lipinski definition) is 4. The first-order chi connectivity index (χ1) is 8.61. The Hall–Kier alpha value is -2.22. The molecule has 2 N–H and O–H groups in total. The van der Waals surface area contributed by atoms with E-state index in [1.165, 1.54) is 4.90 Å². The molecule has 5 heteroatoms. The maximum Gasteiger partial charge on any atom is 0.259 e. The number of anilines is 1. The van der Waals surface area contributed by atoms with Crippen LogP contribution >= 0.6 is 0 Å². The van der Waals surface area contributed by atoms with Crippen LogP contribution in [0.5, 0.6) is 5.75 Å². The van der Waals surface area contributed by atoms with Gasteiger partial charge in [0.15, 0.2) is 0 Å². The van der Waals surface area contributed by atoms with Gasteiger partial charge in [-0.1, -0.05) is 6.07 Å². The van der Waals surface area contributed by atoms with E-state index < -0.39 is 0 Å². The van der Waals surface area contributed by atoms with Gasteiger partial charge in [-0.3, -0.25) is 4.79 Å². The van der Waals surface area contributed by atoms with Gasteiger partial charge in [0.1, 0.15) is 11.3 Å². The first-order valence-corrected chi connectivity index (χ1v) is 5.75. The van der Waals surface area contributed by atoms with E-state index in [2.05, 4.69) is 0 Å². The van der Waals surface area contributed by atoms with Crippen LogP contribution in [-0.4, -0.2) is 31.0 Å². The van der Waals surface area contributed by atoms with E-state index in [9.17, 15) is 4.79 Å². The summed E-state index contributed by atoms with van der Waals surface area (Å²) < 4.78 is 5.40. The van der Waals surface area contributed by atoms with Gasteiger partial charge < -0.3 is 15.4 Å². The monoisotopic (exact) mass is 247 g/mol. The third kappa shape index (κ3) is 3.14. The Morgan fingerprint density at radius 3 is 2.89 bits per heavy atom. The average molecular weight is 247 g/mol. The maximum atomic E-state index is 12.2. The predicted octanol–water partition coefficient (Wildman–Crippen LogP) is 1.65. The molecule has 1 rings (SSSR count). The van der Waals surface area contributed by atoms with Gasteiger partial charge in [-0.05, 0) is 19.1 Å². The number of ether oxygens (including phenoxy) is 1. The highest BCUT2D eigenvalue weighted by molar-refractivity contribution is 6.01. The molecule has 0 saturated heterocycles. The van der Waals surface area contributed by atoms with Crippen molar-refractivity contribution >= 4 is 11.6 Å². The van der Waals surface area contributed by atoms with E-state index in [0.29, 0.717) is 36.6 Å². The highest BCUT2D eigenvalue weighted by Crippen LogP contribution is 2.25. The molecule has 18 heavy (non-hydrogen) atoms. The largest absolute Gasteiger partial charge is 0.493 e. The molecule has 0 aromatic heterocycles. The molecule has 5 nitrogen and oxygen atoms in total. The maximum absolute atomic E-state index is 12.2. The lowest BCUT2D eigenvalue weighted by atomic mass is 10.1. The number of amides is 1. The smallest absolute Gasteiger partial charge is 0.259 e. The summed E-state index contributed by atoms with van der Waals surface area (Å²) in [7, 11) is 1.64. The van der Waals surface area contributed by atoms with Gasteiger partial charge in [0, 0.05) is 19.3 Å². The Balaban J connectivity index is 3.00. The quantitative estimate of drug-likeness (QED) is 0.802. The zero-order valence-electron chi connectivity index (χ0n) is 10.6. The van der Waals surface area contributed by atoms with E-state index in [1.54, 1.807) is 25.2 Å². The second kappa shape index (κ2) is 6.50. The van der Waals surface area contributed by atoms with Crippen molar-refractivity contribution in [1.82, 2.24) is 4.90 Å². The van der Waals surface area contributed by atoms with Crippen molar-refractivity contribution < 1.29 is 9.53 Å². The molecule has 0 aliphatic heterocycles. The number of nitriles is 1. The van der Waals surface area contributed by atoms with Crippen LogP contribution in [0.15, 0.2) is 18.2 Å². The van der Waals surface area contributed by atoms with Crippen LogP contribution in [0.3, 0.4) is 0 Å². The van der Waals surface area contributed by atoms with Gasteiger partial charge in [0.25, 0.3) is 5.91 Å². The second-order valence-electron chi connectivity index (χ2n) is 3.79. The number of carbonyl (C=O) groups excluding carboxylic acids is 1. The topological polar surface area (TPSA) is 79.3 Å². The average Bonchev–Trinajstić information content (AvgIpc) is 2.36. The first-order valence-electron chi connectivity index (χ1n) is 5.75. The Labute approximate surface area is 107 Å². The number of benzene rings is 1. The third-order valence-electron chi connectivity index (χ3n) is 2.48. The molecule has 0 atom stereocenters. The molecule has 1 aromatic carbocycles. The number of nitrogens with two attached hydrogens (primary N) is 1. The SMILES string of the molecule is CCOc1cccc(N)c1C(=O)N(C)CCC#N. The van der Waals surface area contributed by atoms with Crippen molar-refractivity contribution in [3.05, 3.63) is 23.8 Å². The molecule has 0 fully saturated rings. The fourth-order valence-corrected chi connectivity index (χ4v) is 1.56. The summed E-state index contributed by atoms with van der Waals surface area (Å²) in [5.74, 6) is 0.248. The first kappa shape index (κ1) is 13.8. The number of nitrogen functional groups attached to an aromatic ring is 1. The fraction of sp³-hybridized carbons (Fsp3) is 0.385. The van der Waals surface area contributed by atoms with Gasteiger partial charge >= 0.3 is 0 Å². The van der Waals surface area contributed by atoms with Gasteiger partial charge in [-0.15, -0.1) is 0 Å². The summed E-state index contributed by atoms with van der Waals surface area (Å²) in [4.78, 5) is 13.7. The highest BCUT2D eigenvalue weighted by atomic mass is 16.5. The molecule has 0 heterocycles. The molecule has 0 aliphatic carbocycles. The lowest BCUT2D eigenvalue weighted by molar-refractivity contribution is 0.0795. The minimum atomic E-state index is -0.230. The molecule has 0 aliphatic rings. The van der Waals surface area contributed by atoms with Gasteiger partial charge in [0.05, 0.1) is 19.1 Å². The summed E-state index contributed by atoms with van der Waals surface area (Å²) in [5.41, 5.74) is 6.57. The molecule has 0 bridgehead atoms. The van der Waals surface area contributed by atoms with Crippen LogP contribution in [0.2, 0.25) is 0 Å². The normalized spacial score (nSPS) is 9.61. The van der Waals surface area contributed by atoms with Crippen molar-refractivity contribution in [3.63, 3.8) is 0 Å². The van der Waals surface area contributed by atoms with Gasteiger partial charge in [-0.25, -0.2) is 0 Å². The Morgan fingerprint density at radius 1 is 1.56 bits per heavy atom. The lowest BCUT2D eigenvalue weighted by Crippen LogP contribution is -2.28. The Bertz CT molecular complexity index is 466. The number of nitrogens with zero attached hydrogens (tertiary/aromatic N) is 2. The standard InChI is InChI=1S/C13H17N3O2/c1-3-18-11-7-4-6-10(15)12(11)13(17)16(2)9-5-8-14/h4,6-7H,3,5,9,15H2,1-2H3. The molecular weight excluding hydrogens is 230 g/mol. The summed E-state index contributed by atoms with van der Waals surface area (Å²) in [6, 6.07) is 7.12. The highest BCUT2D eigenvalue weighted by Gasteiger charge is 2.19. The summed E-state index contributed by atoms with van der Waals surface area (Å²) in [5, 5.41) is 8.52. The zero-order chi connectivity index (χ0) is 13.5. The van der Waals surface area contributed by atoms with Crippen LogP contribution in [0.25, 0.3) is 0 Å². The number of carbonyl (C=O) groups is 1. The van der Waals surface area contributed by atoms with Crippen molar-refractivity contribution in [1.29, 1.82) is 5.26 Å². The number of hydrogen-bond donors (Lipinski definition) is 1. The van der Waals surface area contributed by atoms with Crippen molar-refractivity contribution in [2.24, 2.45) is 0 Å². The van der Waals surface area contributed by atoms with Crippen LogP contribution in [-0.2, 0) is 0 Å². The summed E-state index contributed by atoms with van der Waals surface area (Å²) >= 11 is 0. The van der Waals surface area contributed by atoms with Crippen LogP contribution in [0, 0.1) is 11.3 Å². The van der Waals surface area contributed by atoms with Gasteiger partial charge in [-0.2, -0.15) is 5.26 Å². The van der Waals surface area contributed by atoms with E-state index >= 15 is 0 Å². The molecule has 0 radical (unpaired) electrons. The van der Waals surface area contributed by atoms with Crippen molar-refractivity contribution in [2.45, 2.75) is 13.3 Å². The molecule has 0 unspecified atom stereocenters. The van der Waals surface area contributed by atoms with E-state index in [-0.39, 0.29) is 5.91 Å². The van der Waals surface area contributed by atoms with E-state index in [0.717, 1.165) is 0 Å². The Kier molecular flexibility index (Phi) is 5.00. The molecule has 0 saturated carbocycles.